The maximum atomic E-state index is 5.28. The number of oxazole rings is 1. The normalized spacial score (nSPS) is 10.8. The Morgan fingerprint density at radius 2 is 1.95 bits per heavy atom. The summed E-state index contributed by atoms with van der Waals surface area (Å²) in [6.07, 6.45) is 3.15. The molecule has 1 aromatic carbocycles. The number of rotatable bonds is 4. The molecule has 3 rings (SSSR count). The van der Waals surface area contributed by atoms with Crippen molar-refractivity contribution in [3.8, 4) is 11.3 Å². The van der Waals surface area contributed by atoms with Crippen LogP contribution in [0.2, 0.25) is 0 Å². The summed E-state index contributed by atoms with van der Waals surface area (Å²) < 4.78 is 7.20. The Hall–Kier alpha value is -2.56. The zero-order chi connectivity index (χ0) is 14.8. The Labute approximate surface area is 123 Å². The molecule has 0 saturated heterocycles. The van der Waals surface area contributed by atoms with Crippen molar-refractivity contribution in [3.63, 3.8) is 0 Å². The topological polar surface area (TPSA) is 55.9 Å². The van der Waals surface area contributed by atoms with Gasteiger partial charge in [-0.2, -0.15) is 5.10 Å². The predicted octanol–water partition coefficient (Wildman–Crippen LogP) is 3.30. The highest BCUT2D eigenvalue weighted by atomic mass is 16.3. The molecule has 5 nitrogen and oxygen atoms in total. The van der Waals surface area contributed by atoms with E-state index in [0.717, 1.165) is 29.2 Å². The van der Waals surface area contributed by atoms with E-state index in [4.69, 9.17) is 4.42 Å². The summed E-state index contributed by atoms with van der Waals surface area (Å²) in [4.78, 5) is 3.93. The fourth-order valence-corrected chi connectivity index (χ4v) is 2.37. The number of aryl methyl sites for hydroxylation is 2. The summed E-state index contributed by atoms with van der Waals surface area (Å²) in [5.74, 6) is 0.778. The molecule has 2 aromatic heterocycles. The average molecular weight is 282 g/mol. The molecule has 0 radical (unpaired) electrons. The van der Waals surface area contributed by atoms with Crippen LogP contribution in [0.15, 0.2) is 41.3 Å². The molecular weight excluding hydrogens is 264 g/mol. The van der Waals surface area contributed by atoms with Crippen molar-refractivity contribution >= 4 is 5.69 Å². The maximum absolute atomic E-state index is 5.28. The van der Waals surface area contributed by atoms with E-state index in [0.29, 0.717) is 0 Å². The highest BCUT2D eigenvalue weighted by Crippen LogP contribution is 2.21. The van der Waals surface area contributed by atoms with Crippen LogP contribution in [0.1, 0.15) is 17.0 Å². The first kappa shape index (κ1) is 13.4. The van der Waals surface area contributed by atoms with Crippen LogP contribution in [0.3, 0.4) is 0 Å². The van der Waals surface area contributed by atoms with Crippen LogP contribution in [0.25, 0.3) is 11.3 Å². The van der Waals surface area contributed by atoms with E-state index < -0.39 is 0 Å². The van der Waals surface area contributed by atoms with Gasteiger partial charge in [-0.05, 0) is 38.1 Å². The second-order valence-corrected chi connectivity index (χ2v) is 5.07. The van der Waals surface area contributed by atoms with Gasteiger partial charge in [-0.15, -0.1) is 0 Å². The van der Waals surface area contributed by atoms with E-state index in [2.05, 4.69) is 22.3 Å². The van der Waals surface area contributed by atoms with E-state index in [1.54, 1.807) is 6.20 Å². The van der Waals surface area contributed by atoms with Gasteiger partial charge in [-0.25, -0.2) is 4.98 Å². The van der Waals surface area contributed by atoms with Gasteiger partial charge < -0.3 is 9.73 Å². The molecule has 5 heteroatoms. The van der Waals surface area contributed by atoms with Crippen LogP contribution in [0.5, 0.6) is 0 Å². The smallest absolute Gasteiger partial charge is 0.181 e. The molecule has 21 heavy (non-hydrogen) atoms. The first-order valence-electron chi connectivity index (χ1n) is 6.87. The zero-order valence-corrected chi connectivity index (χ0v) is 12.4. The second-order valence-electron chi connectivity index (χ2n) is 5.07. The fraction of sp³-hybridized carbons (Fsp3) is 0.250. The van der Waals surface area contributed by atoms with Crippen LogP contribution in [0, 0.1) is 13.8 Å². The number of hydrogen-bond acceptors (Lipinski definition) is 4. The van der Waals surface area contributed by atoms with E-state index >= 15 is 0 Å². The molecule has 3 aromatic rings. The Morgan fingerprint density at radius 1 is 1.19 bits per heavy atom. The molecule has 0 aliphatic carbocycles. The van der Waals surface area contributed by atoms with Crippen molar-refractivity contribution in [1.82, 2.24) is 14.8 Å². The number of nitrogens with zero attached hydrogens (tertiary/aromatic N) is 3. The summed E-state index contributed by atoms with van der Waals surface area (Å²) in [5.41, 5.74) is 5.60. The van der Waals surface area contributed by atoms with E-state index in [9.17, 15) is 0 Å². The minimum atomic E-state index is 0.771. The molecule has 2 heterocycles. The number of benzene rings is 1. The minimum Gasteiger partial charge on any atom is -0.444 e. The molecular formula is C16H18N4O. The summed E-state index contributed by atoms with van der Waals surface area (Å²) in [5, 5.41) is 7.86. The van der Waals surface area contributed by atoms with Crippen molar-refractivity contribution < 1.29 is 4.42 Å². The number of hydrogen-bond donors (Lipinski definition) is 1. The van der Waals surface area contributed by atoms with Gasteiger partial charge in [0.2, 0.25) is 0 Å². The minimum absolute atomic E-state index is 0.771. The Morgan fingerprint density at radius 3 is 2.52 bits per heavy atom. The van der Waals surface area contributed by atoms with Gasteiger partial charge in [0.1, 0.15) is 0 Å². The van der Waals surface area contributed by atoms with Crippen molar-refractivity contribution in [1.29, 1.82) is 0 Å². The molecule has 0 amide bonds. The Balaban J connectivity index is 1.71. The third-order valence-corrected chi connectivity index (χ3v) is 3.73. The van der Waals surface area contributed by atoms with Crippen molar-refractivity contribution in [2.24, 2.45) is 7.05 Å². The van der Waals surface area contributed by atoms with Gasteiger partial charge in [-0.3, -0.25) is 4.68 Å². The van der Waals surface area contributed by atoms with Crippen LogP contribution < -0.4 is 5.32 Å². The van der Waals surface area contributed by atoms with E-state index in [1.165, 1.54) is 17.7 Å². The number of aromatic nitrogens is 3. The molecule has 0 aliphatic heterocycles. The second kappa shape index (κ2) is 5.44. The third kappa shape index (κ3) is 2.67. The highest BCUT2D eigenvalue weighted by Gasteiger charge is 2.08. The van der Waals surface area contributed by atoms with Crippen molar-refractivity contribution in [3.05, 3.63) is 53.8 Å². The van der Waals surface area contributed by atoms with E-state index in [-0.39, 0.29) is 0 Å². The summed E-state index contributed by atoms with van der Waals surface area (Å²) >= 11 is 0. The van der Waals surface area contributed by atoms with Gasteiger partial charge >= 0.3 is 0 Å². The lowest BCUT2D eigenvalue weighted by Crippen LogP contribution is -2.02. The lowest BCUT2D eigenvalue weighted by Gasteiger charge is -2.07. The molecule has 108 valence electrons. The predicted molar refractivity (Wildman–Crippen MR) is 81.9 cm³/mol. The van der Waals surface area contributed by atoms with Gasteiger partial charge in [0.15, 0.2) is 12.2 Å². The van der Waals surface area contributed by atoms with Gasteiger partial charge in [0.25, 0.3) is 0 Å². The number of nitrogens with one attached hydrogen (secondary N) is 1. The molecule has 0 saturated carbocycles. The van der Waals surface area contributed by atoms with Crippen molar-refractivity contribution in [2.75, 3.05) is 5.32 Å². The molecule has 0 unspecified atom stereocenters. The molecule has 1 N–H and O–H groups in total. The van der Waals surface area contributed by atoms with E-state index in [1.807, 2.05) is 42.9 Å². The molecule has 0 fully saturated rings. The highest BCUT2D eigenvalue weighted by molar-refractivity contribution is 5.60. The average Bonchev–Trinajstić information content (AvgIpc) is 3.09. The van der Waals surface area contributed by atoms with Crippen LogP contribution in [-0.2, 0) is 13.6 Å². The van der Waals surface area contributed by atoms with Crippen LogP contribution in [0.4, 0.5) is 5.69 Å². The number of anilines is 1. The van der Waals surface area contributed by atoms with Crippen LogP contribution in [-0.4, -0.2) is 14.8 Å². The largest absolute Gasteiger partial charge is 0.444 e. The summed E-state index contributed by atoms with van der Waals surface area (Å²) in [7, 11) is 1.97. The van der Waals surface area contributed by atoms with Crippen LogP contribution >= 0.6 is 0 Å². The molecule has 0 spiro atoms. The standard InChI is InChI=1S/C16H18N4O/c1-11-15(12(2)20(3)19-11)8-18-14-6-4-13(5-7-14)16-9-17-10-21-16/h4-7,9-10,18H,8H2,1-3H3. The lowest BCUT2D eigenvalue weighted by atomic mass is 10.1. The first-order chi connectivity index (χ1) is 10.1. The summed E-state index contributed by atoms with van der Waals surface area (Å²) in [6.45, 7) is 4.90. The molecule has 0 atom stereocenters. The Kier molecular flexibility index (Phi) is 3.48. The SMILES string of the molecule is Cc1nn(C)c(C)c1CNc1ccc(-c2cnco2)cc1. The first-order valence-corrected chi connectivity index (χ1v) is 6.87. The zero-order valence-electron chi connectivity index (χ0n) is 12.4. The lowest BCUT2D eigenvalue weighted by molar-refractivity contribution is 0.572. The fourth-order valence-electron chi connectivity index (χ4n) is 2.37. The van der Waals surface area contributed by atoms with Crippen molar-refractivity contribution in [2.45, 2.75) is 20.4 Å². The molecule has 0 aliphatic rings. The van der Waals surface area contributed by atoms with Gasteiger partial charge in [0.05, 0.1) is 11.9 Å². The summed E-state index contributed by atoms with van der Waals surface area (Å²) in [6, 6.07) is 8.12. The Bertz CT molecular complexity index is 726. The third-order valence-electron chi connectivity index (χ3n) is 3.73. The quantitative estimate of drug-likeness (QED) is 0.797. The monoisotopic (exact) mass is 282 g/mol. The maximum Gasteiger partial charge on any atom is 0.181 e. The van der Waals surface area contributed by atoms with Gasteiger partial charge in [-0.1, -0.05) is 0 Å². The van der Waals surface area contributed by atoms with Gasteiger partial charge in [0, 0.05) is 36.1 Å². The molecule has 0 bridgehead atoms.